The standard InChI is InChI=1S/C24H27N5O2/c1-28(17-13-16-7-6-10-21-22(16)29(15-17)24(31)27-21)12-5-4-11-25-23(30)19-14-26-20-9-3-2-8-18(19)20/h2-3,6-10,14,17,26H,4-5,11-13,15H2,1H3,(H,25,30)(H,27,31)/t17-/m1/s1. The number of H-pyrrole nitrogens is 2. The highest BCUT2D eigenvalue weighted by Crippen LogP contribution is 2.24. The summed E-state index contributed by atoms with van der Waals surface area (Å²) >= 11 is 0. The van der Waals surface area contributed by atoms with Gasteiger partial charge in [0.15, 0.2) is 0 Å². The van der Waals surface area contributed by atoms with E-state index in [0.717, 1.165) is 47.7 Å². The summed E-state index contributed by atoms with van der Waals surface area (Å²) in [5, 5.41) is 3.98. The van der Waals surface area contributed by atoms with E-state index in [9.17, 15) is 9.59 Å². The van der Waals surface area contributed by atoms with Gasteiger partial charge < -0.3 is 20.2 Å². The molecule has 31 heavy (non-hydrogen) atoms. The van der Waals surface area contributed by atoms with Gasteiger partial charge in [0.05, 0.1) is 16.6 Å². The number of nitrogens with zero attached hydrogens (tertiary/aromatic N) is 2. The van der Waals surface area contributed by atoms with Crippen molar-refractivity contribution < 1.29 is 4.79 Å². The maximum atomic E-state index is 12.5. The maximum Gasteiger partial charge on any atom is 0.326 e. The smallest absolute Gasteiger partial charge is 0.326 e. The molecule has 0 aliphatic carbocycles. The maximum absolute atomic E-state index is 12.5. The summed E-state index contributed by atoms with van der Waals surface area (Å²) in [6, 6.07) is 14.2. The first-order valence-corrected chi connectivity index (χ1v) is 10.9. The predicted octanol–water partition coefficient (Wildman–Crippen LogP) is 2.88. The molecule has 0 fully saturated rings. The largest absolute Gasteiger partial charge is 0.360 e. The van der Waals surface area contributed by atoms with Crippen LogP contribution >= 0.6 is 0 Å². The van der Waals surface area contributed by atoms with Gasteiger partial charge in [0, 0.05) is 36.2 Å². The summed E-state index contributed by atoms with van der Waals surface area (Å²) in [5.41, 5.74) is 4.84. The number of unbranched alkanes of at least 4 members (excludes halogenated alkanes) is 1. The second-order valence-electron chi connectivity index (χ2n) is 8.40. The lowest BCUT2D eigenvalue weighted by atomic mass is 9.99. The molecule has 4 aromatic rings. The molecule has 0 bridgehead atoms. The van der Waals surface area contributed by atoms with Crippen molar-refractivity contribution in [3.05, 3.63) is 70.3 Å². The van der Waals surface area contributed by atoms with Crippen LogP contribution in [0.1, 0.15) is 28.8 Å². The fourth-order valence-corrected chi connectivity index (χ4v) is 4.68. The molecular weight excluding hydrogens is 390 g/mol. The van der Waals surface area contributed by atoms with Crippen LogP contribution in [0.2, 0.25) is 0 Å². The van der Waals surface area contributed by atoms with Crippen molar-refractivity contribution >= 4 is 27.8 Å². The first kappa shape index (κ1) is 19.6. The highest BCUT2D eigenvalue weighted by atomic mass is 16.2. The third-order valence-electron chi connectivity index (χ3n) is 6.41. The number of carbonyl (C=O) groups is 1. The Kier molecular flexibility index (Phi) is 5.11. The average Bonchev–Trinajstić information content (AvgIpc) is 3.35. The number of hydrogen-bond donors (Lipinski definition) is 3. The highest BCUT2D eigenvalue weighted by molar-refractivity contribution is 6.06. The quantitative estimate of drug-likeness (QED) is 0.404. The fourth-order valence-electron chi connectivity index (χ4n) is 4.68. The van der Waals surface area contributed by atoms with Crippen molar-refractivity contribution in [2.45, 2.75) is 31.8 Å². The van der Waals surface area contributed by atoms with Crippen LogP contribution in [0.25, 0.3) is 21.9 Å². The van der Waals surface area contributed by atoms with Crippen LogP contribution in [-0.4, -0.2) is 51.5 Å². The normalized spacial score (nSPS) is 15.7. The Bertz CT molecular complexity index is 1300. The molecule has 1 amide bonds. The van der Waals surface area contributed by atoms with Gasteiger partial charge in [0.2, 0.25) is 0 Å². The van der Waals surface area contributed by atoms with Crippen molar-refractivity contribution in [1.29, 1.82) is 0 Å². The van der Waals surface area contributed by atoms with E-state index in [1.807, 2.05) is 41.0 Å². The molecule has 2 aromatic heterocycles. The molecule has 7 heteroatoms. The number of rotatable bonds is 7. The first-order valence-electron chi connectivity index (χ1n) is 10.9. The molecule has 2 aromatic carbocycles. The lowest BCUT2D eigenvalue weighted by molar-refractivity contribution is 0.0954. The monoisotopic (exact) mass is 417 g/mol. The van der Waals surface area contributed by atoms with E-state index in [1.165, 1.54) is 5.56 Å². The molecule has 1 atom stereocenters. The van der Waals surface area contributed by atoms with Gasteiger partial charge in [0.25, 0.3) is 5.91 Å². The topological polar surface area (TPSA) is 85.9 Å². The van der Waals surface area contributed by atoms with Crippen molar-refractivity contribution in [3.63, 3.8) is 0 Å². The molecule has 1 aliphatic rings. The minimum absolute atomic E-state index is 0.0273. The van der Waals surface area contributed by atoms with Gasteiger partial charge in [-0.25, -0.2) is 4.79 Å². The molecule has 1 aliphatic heterocycles. The number of imidazole rings is 1. The van der Waals surface area contributed by atoms with Crippen molar-refractivity contribution in [2.24, 2.45) is 0 Å². The predicted molar refractivity (Wildman–Crippen MR) is 123 cm³/mol. The third-order valence-corrected chi connectivity index (χ3v) is 6.41. The number of aromatic nitrogens is 3. The van der Waals surface area contributed by atoms with Crippen LogP contribution in [0.15, 0.2) is 53.5 Å². The second-order valence-corrected chi connectivity index (χ2v) is 8.40. The summed E-state index contributed by atoms with van der Waals surface area (Å²) < 4.78 is 1.87. The molecule has 0 saturated carbocycles. The van der Waals surface area contributed by atoms with Crippen LogP contribution in [0.3, 0.4) is 0 Å². The molecular formula is C24H27N5O2. The molecule has 0 spiro atoms. The molecule has 3 N–H and O–H groups in total. The molecule has 5 rings (SSSR count). The van der Waals surface area contributed by atoms with E-state index >= 15 is 0 Å². The number of amides is 1. The Hall–Kier alpha value is -3.32. The molecule has 7 nitrogen and oxygen atoms in total. The van der Waals surface area contributed by atoms with Crippen molar-refractivity contribution in [3.8, 4) is 0 Å². The first-order chi connectivity index (χ1) is 15.1. The van der Waals surface area contributed by atoms with Crippen LogP contribution in [0.4, 0.5) is 0 Å². The average molecular weight is 418 g/mol. The second kappa shape index (κ2) is 8.07. The van der Waals surface area contributed by atoms with E-state index in [-0.39, 0.29) is 11.6 Å². The van der Waals surface area contributed by atoms with E-state index in [4.69, 9.17) is 0 Å². The van der Waals surface area contributed by atoms with Gasteiger partial charge in [-0.05, 0) is 50.6 Å². The Labute approximate surface area is 180 Å². The van der Waals surface area contributed by atoms with Gasteiger partial charge >= 0.3 is 5.69 Å². The number of likely N-dealkylation sites (N-methyl/N-ethyl adjacent to an activating group) is 1. The van der Waals surface area contributed by atoms with E-state index in [1.54, 1.807) is 6.20 Å². The molecule has 3 heterocycles. The summed E-state index contributed by atoms with van der Waals surface area (Å²) in [5.74, 6) is -0.0365. The Morgan fingerprint density at radius 3 is 2.90 bits per heavy atom. The zero-order valence-corrected chi connectivity index (χ0v) is 17.6. The van der Waals surface area contributed by atoms with Crippen LogP contribution in [0, 0.1) is 0 Å². The van der Waals surface area contributed by atoms with Crippen LogP contribution in [-0.2, 0) is 13.0 Å². The summed E-state index contributed by atoms with van der Waals surface area (Å²) in [6.07, 6.45) is 4.62. The number of benzene rings is 2. The highest BCUT2D eigenvalue weighted by Gasteiger charge is 2.25. The van der Waals surface area contributed by atoms with Crippen molar-refractivity contribution in [1.82, 2.24) is 24.8 Å². The molecule has 0 unspecified atom stereocenters. The van der Waals surface area contributed by atoms with Gasteiger partial charge in [0.1, 0.15) is 0 Å². The fraction of sp³-hybridized carbons (Fsp3) is 0.333. The van der Waals surface area contributed by atoms with E-state index in [2.05, 4.69) is 33.3 Å². The summed E-state index contributed by atoms with van der Waals surface area (Å²) in [6.45, 7) is 2.29. The summed E-state index contributed by atoms with van der Waals surface area (Å²) in [7, 11) is 2.12. The van der Waals surface area contributed by atoms with Gasteiger partial charge in [-0.3, -0.25) is 9.36 Å². The minimum atomic E-state index is -0.0365. The van der Waals surface area contributed by atoms with E-state index < -0.39 is 0 Å². The number of hydrogen-bond acceptors (Lipinski definition) is 3. The minimum Gasteiger partial charge on any atom is -0.360 e. The zero-order valence-electron chi connectivity index (χ0n) is 17.6. The third kappa shape index (κ3) is 3.65. The number of fused-ring (bicyclic) bond motifs is 1. The van der Waals surface area contributed by atoms with E-state index in [0.29, 0.717) is 24.7 Å². The lowest BCUT2D eigenvalue weighted by Gasteiger charge is -2.31. The van der Waals surface area contributed by atoms with Crippen LogP contribution < -0.4 is 11.0 Å². The zero-order chi connectivity index (χ0) is 21.4. The molecule has 160 valence electrons. The molecule has 0 radical (unpaired) electrons. The molecule has 0 saturated heterocycles. The lowest BCUT2D eigenvalue weighted by Crippen LogP contribution is -2.42. The Balaban J connectivity index is 1.12. The van der Waals surface area contributed by atoms with Gasteiger partial charge in [-0.1, -0.05) is 30.3 Å². The van der Waals surface area contributed by atoms with Gasteiger partial charge in [-0.15, -0.1) is 0 Å². The Morgan fingerprint density at radius 1 is 1.16 bits per heavy atom. The number of aromatic amines is 2. The Morgan fingerprint density at radius 2 is 2.00 bits per heavy atom. The summed E-state index contributed by atoms with van der Waals surface area (Å²) in [4.78, 5) is 33.3. The van der Waals surface area contributed by atoms with Gasteiger partial charge in [-0.2, -0.15) is 0 Å². The number of carbonyl (C=O) groups excluding carboxylic acids is 1. The number of para-hydroxylation sites is 2. The van der Waals surface area contributed by atoms with Crippen molar-refractivity contribution in [2.75, 3.05) is 20.1 Å². The SMILES string of the molecule is CN(CCCCNC(=O)c1c[nH]c2ccccc12)[C@@H]1Cc2cccc3[nH]c(=O)n(c23)C1. The number of nitrogens with one attached hydrogen (secondary N) is 3. The van der Waals surface area contributed by atoms with Crippen LogP contribution in [0.5, 0.6) is 0 Å².